The van der Waals surface area contributed by atoms with E-state index in [0.717, 1.165) is 44.9 Å². The maximum absolute atomic E-state index is 13.1. The number of pyridine rings is 4. The van der Waals surface area contributed by atoms with Gasteiger partial charge in [-0.2, -0.15) is 0 Å². The fraction of sp³-hybridized carbons (Fsp3) is 0.128. The second-order valence-electron chi connectivity index (χ2n) is 10.9. The molecular weight excluding hydrogens is 604 g/mol. The van der Waals surface area contributed by atoms with Gasteiger partial charge < -0.3 is 11.5 Å². The van der Waals surface area contributed by atoms with Crippen molar-refractivity contribution in [2.24, 2.45) is 5.73 Å². The molecule has 5 heterocycles. The Labute approximate surface area is 280 Å². The van der Waals surface area contributed by atoms with Gasteiger partial charge in [-0.05, 0) is 123 Å². The van der Waals surface area contributed by atoms with Crippen molar-refractivity contribution in [1.82, 2.24) is 24.3 Å². The predicted molar refractivity (Wildman–Crippen MR) is 190 cm³/mol. The number of aryl methyl sites for hydroxylation is 4. The fourth-order valence-electron chi connectivity index (χ4n) is 4.64. The number of nitrogens with two attached hydrogens (primary N) is 2. The summed E-state index contributed by atoms with van der Waals surface area (Å²) in [5.41, 5.74) is 20.0. The highest BCUT2D eigenvalue weighted by Crippen LogP contribution is 2.23. The molecule has 7 aromatic rings. The molecule has 0 radical (unpaired) electrons. The Morgan fingerprint density at radius 3 is 1.56 bits per heavy atom. The monoisotopic (exact) mass is 643 g/mol. The van der Waals surface area contributed by atoms with E-state index in [2.05, 4.69) is 19.9 Å². The van der Waals surface area contributed by atoms with Crippen LogP contribution in [0.5, 0.6) is 0 Å². The first kappa shape index (κ1) is 35.1. The minimum atomic E-state index is -0.174. The van der Waals surface area contributed by atoms with Crippen LogP contribution in [0.3, 0.4) is 0 Å². The van der Waals surface area contributed by atoms with Gasteiger partial charge >= 0.3 is 0 Å². The zero-order chi connectivity index (χ0) is 34.5. The molecule has 0 fully saturated rings. The number of benzene rings is 2. The second kappa shape index (κ2) is 17.2. The summed E-state index contributed by atoms with van der Waals surface area (Å²) >= 11 is 0. The van der Waals surface area contributed by atoms with E-state index in [1.165, 1.54) is 12.1 Å². The zero-order valence-corrected chi connectivity index (χ0v) is 27.5. The number of aromatic nitrogens is 5. The number of rotatable bonds is 3. The van der Waals surface area contributed by atoms with Crippen molar-refractivity contribution in [3.8, 4) is 22.5 Å². The van der Waals surface area contributed by atoms with Crippen molar-refractivity contribution in [2.75, 3.05) is 5.73 Å². The van der Waals surface area contributed by atoms with Crippen molar-refractivity contribution < 1.29 is 8.78 Å². The minimum Gasteiger partial charge on any atom is -0.369 e. The Morgan fingerprint density at radius 2 is 1.12 bits per heavy atom. The Morgan fingerprint density at radius 1 is 0.583 bits per heavy atom. The molecule has 244 valence electrons. The lowest BCUT2D eigenvalue weighted by molar-refractivity contribution is 0.618. The third kappa shape index (κ3) is 9.60. The molecule has 0 aliphatic heterocycles. The maximum Gasteiger partial charge on any atom is 0.204 e. The molecule has 0 atom stereocenters. The summed E-state index contributed by atoms with van der Waals surface area (Å²) in [6.45, 7) is 8.05. The number of nitrogens with zero attached hydrogens (tertiary/aromatic N) is 5. The molecule has 7 rings (SSSR count). The molecule has 5 aromatic heterocycles. The normalized spacial score (nSPS) is 10.1. The van der Waals surface area contributed by atoms with Gasteiger partial charge in [-0.15, -0.1) is 0 Å². The highest BCUT2D eigenvalue weighted by atomic mass is 19.1. The first-order valence-electron chi connectivity index (χ1n) is 15.3. The SMILES string of the molecule is Cc1cc(-c2ncccc2C)ccc1F.Cc1cc(-c2ncccc2C)ccc1F.NCc1ccccn1.Nc1ncc2ccccn12. The van der Waals surface area contributed by atoms with E-state index in [1.54, 1.807) is 50.8 Å². The standard InChI is InChI=1S/2C13H12FN.C7H7N3.C6H8N2/c2*1-9-4-3-7-15-13(9)11-5-6-12(14)10(2)8-11;8-7-9-5-6-3-1-2-4-10(6)7;7-5-6-3-1-2-4-8-6/h2*3-8H,1-2H3;1-5H,(H2,8,9);1-4H,5,7H2. The van der Waals surface area contributed by atoms with E-state index >= 15 is 0 Å². The van der Waals surface area contributed by atoms with Gasteiger partial charge in [0.15, 0.2) is 0 Å². The third-order valence-corrected chi connectivity index (χ3v) is 7.28. The van der Waals surface area contributed by atoms with E-state index in [4.69, 9.17) is 11.5 Å². The number of anilines is 1. The second-order valence-corrected chi connectivity index (χ2v) is 10.9. The lowest BCUT2D eigenvalue weighted by Gasteiger charge is -2.05. The first-order chi connectivity index (χ1) is 23.2. The Kier molecular flexibility index (Phi) is 12.6. The quantitative estimate of drug-likeness (QED) is 0.200. The molecule has 0 spiro atoms. The summed E-state index contributed by atoms with van der Waals surface area (Å²) < 4.78 is 28.0. The average molecular weight is 644 g/mol. The smallest absolute Gasteiger partial charge is 0.204 e. The van der Waals surface area contributed by atoms with Crippen molar-refractivity contribution in [1.29, 1.82) is 0 Å². The predicted octanol–water partition coefficient (Wildman–Crippen LogP) is 8.47. The summed E-state index contributed by atoms with van der Waals surface area (Å²) in [4.78, 5) is 16.5. The summed E-state index contributed by atoms with van der Waals surface area (Å²) in [6, 6.07) is 29.5. The van der Waals surface area contributed by atoms with Gasteiger partial charge in [0.05, 0.1) is 28.8 Å². The molecule has 0 unspecified atom stereocenters. The fourth-order valence-corrected chi connectivity index (χ4v) is 4.64. The van der Waals surface area contributed by atoms with Crippen LogP contribution in [0.15, 0.2) is 128 Å². The molecule has 0 saturated carbocycles. The maximum atomic E-state index is 13.1. The highest BCUT2D eigenvalue weighted by molar-refractivity contribution is 5.64. The highest BCUT2D eigenvalue weighted by Gasteiger charge is 2.06. The number of halogens is 2. The van der Waals surface area contributed by atoms with E-state index < -0.39 is 0 Å². The van der Waals surface area contributed by atoms with Crippen molar-refractivity contribution in [3.63, 3.8) is 0 Å². The topological polar surface area (TPSA) is 108 Å². The Balaban J connectivity index is 0.000000149. The Bertz CT molecular complexity index is 1970. The van der Waals surface area contributed by atoms with Crippen LogP contribution in [0.25, 0.3) is 28.0 Å². The molecule has 4 N–H and O–H groups in total. The molecule has 0 aliphatic rings. The van der Waals surface area contributed by atoms with Gasteiger partial charge in [0.25, 0.3) is 0 Å². The van der Waals surface area contributed by atoms with Crippen LogP contribution >= 0.6 is 0 Å². The third-order valence-electron chi connectivity index (χ3n) is 7.28. The van der Waals surface area contributed by atoms with Crippen LogP contribution in [0.4, 0.5) is 14.7 Å². The van der Waals surface area contributed by atoms with Crippen LogP contribution < -0.4 is 11.5 Å². The zero-order valence-electron chi connectivity index (χ0n) is 27.5. The van der Waals surface area contributed by atoms with Crippen LogP contribution in [-0.4, -0.2) is 24.3 Å². The van der Waals surface area contributed by atoms with E-state index in [9.17, 15) is 8.78 Å². The number of fused-ring (bicyclic) bond motifs is 1. The van der Waals surface area contributed by atoms with Gasteiger partial charge in [0.2, 0.25) is 5.95 Å². The van der Waals surface area contributed by atoms with Gasteiger partial charge in [-0.25, -0.2) is 13.8 Å². The molecule has 7 nitrogen and oxygen atoms in total. The number of imidazole rings is 1. The lowest BCUT2D eigenvalue weighted by Crippen LogP contribution is -1.97. The number of hydrogen-bond donors (Lipinski definition) is 2. The van der Waals surface area contributed by atoms with Gasteiger partial charge in [-0.3, -0.25) is 19.4 Å². The molecular formula is C39H39F2N7. The van der Waals surface area contributed by atoms with Gasteiger partial charge in [0, 0.05) is 42.5 Å². The van der Waals surface area contributed by atoms with Crippen molar-refractivity contribution >= 4 is 11.5 Å². The van der Waals surface area contributed by atoms with Crippen LogP contribution in [0, 0.1) is 39.3 Å². The largest absolute Gasteiger partial charge is 0.369 e. The van der Waals surface area contributed by atoms with Gasteiger partial charge in [0.1, 0.15) is 11.6 Å². The molecule has 0 bridgehead atoms. The average Bonchev–Trinajstić information content (AvgIpc) is 3.49. The number of nitrogen functional groups attached to an aromatic ring is 1. The van der Waals surface area contributed by atoms with Crippen LogP contribution in [0.2, 0.25) is 0 Å². The first-order valence-corrected chi connectivity index (χ1v) is 15.3. The summed E-state index contributed by atoms with van der Waals surface area (Å²) in [7, 11) is 0. The van der Waals surface area contributed by atoms with Crippen molar-refractivity contribution in [3.05, 3.63) is 168 Å². The number of hydrogen-bond acceptors (Lipinski definition) is 6. The molecule has 9 heteroatoms. The van der Waals surface area contributed by atoms with E-state index in [-0.39, 0.29) is 11.6 Å². The molecule has 0 saturated heterocycles. The lowest BCUT2D eigenvalue weighted by atomic mass is 10.0. The van der Waals surface area contributed by atoms with E-state index in [1.807, 2.05) is 97.2 Å². The van der Waals surface area contributed by atoms with Crippen molar-refractivity contribution in [2.45, 2.75) is 34.2 Å². The molecule has 48 heavy (non-hydrogen) atoms. The summed E-state index contributed by atoms with van der Waals surface area (Å²) in [5.74, 6) is 0.190. The minimum absolute atomic E-state index is 0.174. The Hall–Kier alpha value is -5.80. The van der Waals surface area contributed by atoms with Crippen LogP contribution in [0.1, 0.15) is 27.9 Å². The molecule has 2 aromatic carbocycles. The molecule has 0 amide bonds. The van der Waals surface area contributed by atoms with E-state index in [0.29, 0.717) is 23.6 Å². The molecule has 0 aliphatic carbocycles. The summed E-state index contributed by atoms with van der Waals surface area (Å²) in [6.07, 6.45) is 8.87. The summed E-state index contributed by atoms with van der Waals surface area (Å²) in [5, 5.41) is 0. The van der Waals surface area contributed by atoms with Crippen LogP contribution in [-0.2, 0) is 6.54 Å². The van der Waals surface area contributed by atoms with Gasteiger partial charge in [-0.1, -0.05) is 24.3 Å².